The molecule has 0 unspecified atom stereocenters. The van der Waals surface area contributed by atoms with Crippen molar-refractivity contribution in [1.29, 1.82) is 0 Å². The number of allylic oxidation sites excluding steroid dienone is 1. The molecule has 2 aromatic rings. The van der Waals surface area contributed by atoms with Crippen molar-refractivity contribution in [2.45, 2.75) is 19.8 Å². The van der Waals surface area contributed by atoms with Gasteiger partial charge in [-0.2, -0.15) is 22.8 Å². The van der Waals surface area contributed by atoms with Crippen molar-refractivity contribution in [2.75, 3.05) is 10.8 Å². The highest BCUT2D eigenvalue weighted by atomic mass is 32.1. The van der Waals surface area contributed by atoms with Crippen LogP contribution in [0.3, 0.4) is 0 Å². The third-order valence-electron chi connectivity index (χ3n) is 3.24. The van der Waals surface area contributed by atoms with Crippen molar-refractivity contribution in [3.05, 3.63) is 54.9 Å². The molecular weight excluding hydrogens is 306 g/mol. The summed E-state index contributed by atoms with van der Waals surface area (Å²) in [6, 6.07) is 9.94. The average molecular weight is 327 g/mol. The molecule has 120 valence electrons. The Morgan fingerprint density at radius 2 is 2.17 bits per heavy atom. The first kappa shape index (κ1) is 17.0. The topological polar surface area (TPSA) is 45.8 Å². The Morgan fingerprint density at radius 1 is 1.39 bits per heavy atom. The molecule has 0 aliphatic carbocycles. The van der Waals surface area contributed by atoms with Crippen LogP contribution in [0, 0.1) is 0 Å². The molecule has 0 atom stereocenters. The lowest BCUT2D eigenvalue weighted by Crippen LogP contribution is -2.28. The molecule has 0 saturated carbocycles. The molecule has 6 heteroatoms. The molecule has 2 rings (SSSR count). The fraction of sp³-hybridized carbons (Fsp3) is 0.235. The van der Waals surface area contributed by atoms with Crippen LogP contribution in [0.5, 0.6) is 0 Å². The van der Waals surface area contributed by atoms with Gasteiger partial charge < -0.3 is 4.90 Å². The Labute approximate surface area is 142 Å². The zero-order chi connectivity index (χ0) is 16.5. The molecule has 1 aromatic carbocycles. The summed E-state index contributed by atoms with van der Waals surface area (Å²) in [6.45, 7) is 5.59. The molecule has 0 saturated heterocycles. The number of thiol groups is 1. The van der Waals surface area contributed by atoms with Gasteiger partial charge in [-0.05, 0) is 42.8 Å². The van der Waals surface area contributed by atoms with E-state index < -0.39 is 0 Å². The van der Waals surface area contributed by atoms with Crippen LogP contribution >= 0.6 is 12.6 Å². The first-order valence-corrected chi connectivity index (χ1v) is 8.12. The number of anilines is 1. The summed E-state index contributed by atoms with van der Waals surface area (Å²) in [4.78, 5) is 1.97. The summed E-state index contributed by atoms with van der Waals surface area (Å²) in [5.74, 6) is 1.21. The zero-order valence-corrected chi connectivity index (χ0v) is 14.1. The van der Waals surface area contributed by atoms with Gasteiger partial charge in [-0.3, -0.25) is 0 Å². The lowest BCUT2D eigenvalue weighted by Gasteiger charge is -2.22. The third kappa shape index (κ3) is 4.56. The largest absolute Gasteiger partial charge is 0.315 e. The number of benzene rings is 1. The summed E-state index contributed by atoms with van der Waals surface area (Å²) < 4.78 is 1.82. The van der Waals surface area contributed by atoms with E-state index in [0.717, 1.165) is 30.1 Å². The molecule has 0 fully saturated rings. The van der Waals surface area contributed by atoms with E-state index in [4.69, 9.17) is 0 Å². The van der Waals surface area contributed by atoms with Crippen LogP contribution in [0.2, 0.25) is 0 Å². The van der Waals surface area contributed by atoms with Crippen LogP contribution in [0.4, 0.5) is 5.69 Å². The van der Waals surface area contributed by atoms with Gasteiger partial charge in [0.05, 0.1) is 11.6 Å². The van der Waals surface area contributed by atoms with Gasteiger partial charge in [-0.25, -0.2) is 4.68 Å². The zero-order valence-electron chi connectivity index (χ0n) is 13.2. The summed E-state index contributed by atoms with van der Waals surface area (Å²) in [5.41, 5.74) is 1.99. The van der Waals surface area contributed by atoms with Crippen molar-refractivity contribution in [3.8, 4) is 5.69 Å². The minimum absolute atomic E-state index is 0.492. The van der Waals surface area contributed by atoms with E-state index in [-0.39, 0.29) is 0 Å². The molecule has 5 nitrogen and oxygen atoms in total. The molecule has 1 aromatic heterocycles. The molecular formula is C17H21N5S. The smallest absolute Gasteiger partial charge is 0.155 e. The lowest BCUT2D eigenvalue weighted by molar-refractivity contribution is 0.880. The normalized spacial score (nSPS) is 11.8. The van der Waals surface area contributed by atoms with Crippen LogP contribution < -0.4 is 4.90 Å². The summed E-state index contributed by atoms with van der Waals surface area (Å²) in [7, 11) is 0. The first-order valence-electron chi connectivity index (χ1n) is 7.48. The number of aromatic nitrogens is 2. The predicted octanol–water partition coefficient (Wildman–Crippen LogP) is 3.94. The third-order valence-corrected chi connectivity index (χ3v) is 3.53. The van der Waals surface area contributed by atoms with Crippen LogP contribution in [0.25, 0.3) is 5.69 Å². The Kier molecular flexibility index (Phi) is 6.62. The summed E-state index contributed by atoms with van der Waals surface area (Å²) in [6.07, 6.45) is 9.79. The maximum Gasteiger partial charge on any atom is 0.155 e. The minimum atomic E-state index is 0.492. The second kappa shape index (κ2) is 8.95. The molecule has 0 bridgehead atoms. The van der Waals surface area contributed by atoms with E-state index in [9.17, 15) is 0 Å². The van der Waals surface area contributed by atoms with Gasteiger partial charge in [0, 0.05) is 24.8 Å². The van der Waals surface area contributed by atoms with E-state index in [0.29, 0.717) is 5.88 Å². The van der Waals surface area contributed by atoms with Gasteiger partial charge in [0.25, 0.3) is 0 Å². The van der Waals surface area contributed by atoms with E-state index >= 15 is 0 Å². The second-order valence-electron chi connectivity index (χ2n) is 4.83. The SMILES string of the molecule is C=N/N=C(/C=C/CCC)N(CS)c1ccc(-n2cccn2)cc1. The van der Waals surface area contributed by atoms with Gasteiger partial charge in [-0.15, -0.1) is 5.10 Å². The maximum atomic E-state index is 4.42. The number of hydrogen-bond donors (Lipinski definition) is 1. The molecule has 23 heavy (non-hydrogen) atoms. The molecule has 0 N–H and O–H groups in total. The Balaban J connectivity index is 2.24. The van der Waals surface area contributed by atoms with Gasteiger partial charge in [0.1, 0.15) is 0 Å². The Bertz CT molecular complexity index is 659. The van der Waals surface area contributed by atoms with E-state index in [2.05, 4.69) is 47.6 Å². The monoisotopic (exact) mass is 327 g/mol. The van der Waals surface area contributed by atoms with E-state index in [1.54, 1.807) is 6.20 Å². The number of amidine groups is 1. The van der Waals surface area contributed by atoms with Gasteiger partial charge >= 0.3 is 0 Å². The maximum absolute atomic E-state index is 4.42. The average Bonchev–Trinajstić information content (AvgIpc) is 3.11. The van der Waals surface area contributed by atoms with Crippen LogP contribution in [0.1, 0.15) is 19.8 Å². The fourth-order valence-electron chi connectivity index (χ4n) is 2.10. The molecule has 1 heterocycles. The van der Waals surface area contributed by atoms with Crippen molar-refractivity contribution in [2.24, 2.45) is 10.2 Å². The van der Waals surface area contributed by atoms with Gasteiger partial charge in [0.15, 0.2) is 5.84 Å². The van der Waals surface area contributed by atoms with E-state index in [1.165, 1.54) is 0 Å². The molecule has 0 aliphatic rings. The fourth-order valence-corrected chi connectivity index (χ4v) is 2.41. The quantitative estimate of drug-likeness (QED) is 0.275. The van der Waals surface area contributed by atoms with Crippen LogP contribution in [0.15, 0.2) is 65.1 Å². The first-order chi connectivity index (χ1) is 11.3. The highest BCUT2D eigenvalue weighted by Crippen LogP contribution is 2.19. The van der Waals surface area contributed by atoms with Crippen molar-refractivity contribution in [1.82, 2.24) is 9.78 Å². The number of unbranched alkanes of at least 4 members (excludes halogenated alkanes) is 1. The van der Waals surface area contributed by atoms with Crippen LogP contribution in [-0.2, 0) is 0 Å². The molecule has 0 amide bonds. The predicted molar refractivity (Wildman–Crippen MR) is 101 cm³/mol. The molecule has 0 aliphatic heterocycles. The van der Waals surface area contributed by atoms with Gasteiger partial charge in [0.2, 0.25) is 0 Å². The van der Waals surface area contributed by atoms with Crippen LogP contribution in [-0.4, -0.2) is 28.2 Å². The number of nitrogens with zero attached hydrogens (tertiary/aromatic N) is 5. The van der Waals surface area contributed by atoms with Crippen molar-refractivity contribution < 1.29 is 0 Å². The summed E-state index contributed by atoms with van der Waals surface area (Å²) >= 11 is 4.42. The van der Waals surface area contributed by atoms with E-state index in [1.807, 2.05) is 52.2 Å². The molecule has 0 radical (unpaired) electrons. The highest BCUT2D eigenvalue weighted by molar-refractivity contribution is 7.80. The Morgan fingerprint density at radius 3 is 2.74 bits per heavy atom. The van der Waals surface area contributed by atoms with Crippen molar-refractivity contribution >= 4 is 30.9 Å². The number of hydrogen-bond acceptors (Lipinski definition) is 4. The van der Waals surface area contributed by atoms with Gasteiger partial charge in [-0.1, -0.05) is 19.4 Å². The second-order valence-corrected chi connectivity index (χ2v) is 5.11. The minimum Gasteiger partial charge on any atom is -0.315 e. The Hall–Kier alpha value is -2.34. The van der Waals surface area contributed by atoms with Crippen molar-refractivity contribution in [3.63, 3.8) is 0 Å². The lowest BCUT2D eigenvalue weighted by atomic mass is 10.2. The molecule has 0 spiro atoms. The number of rotatable bonds is 7. The highest BCUT2D eigenvalue weighted by Gasteiger charge is 2.10. The standard InChI is InChI=1S/C17H21N5S/c1-3-4-5-7-17(20-18-2)21(14-23)15-8-10-16(11-9-15)22-13-6-12-19-22/h5-13,23H,2-4,14H2,1H3/b7-5+,20-17-. The summed E-state index contributed by atoms with van der Waals surface area (Å²) in [5, 5.41) is 12.0.